The number of aromatic nitrogens is 3. The summed E-state index contributed by atoms with van der Waals surface area (Å²) in [5.41, 5.74) is 2.62. The molecule has 146 valence electrons. The number of nitrogens with one attached hydrogen (secondary N) is 3. The predicted octanol–water partition coefficient (Wildman–Crippen LogP) is 2.49. The number of hydrogen-bond donors (Lipinski definition) is 3. The van der Waals surface area contributed by atoms with Crippen molar-refractivity contribution >= 4 is 39.1 Å². The summed E-state index contributed by atoms with van der Waals surface area (Å²) in [6.07, 6.45) is 2.24. The summed E-state index contributed by atoms with van der Waals surface area (Å²) < 4.78 is 2.90. The maximum absolute atomic E-state index is 12.2. The fourth-order valence-corrected chi connectivity index (χ4v) is 3.14. The average molecular weight is 444 g/mol. The van der Waals surface area contributed by atoms with Gasteiger partial charge in [0.15, 0.2) is 17.4 Å². The first-order valence-electron chi connectivity index (χ1n) is 8.86. The highest BCUT2D eigenvalue weighted by molar-refractivity contribution is 9.10. The van der Waals surface area contributed by atoms with Crippen LogP contribution < -0.4 is 16.0 Å². The molecule has 0 fully saturated rings. The second-order valence-corrected chi connectivity index (χ2v) is 7.07. The highest BCUT2D eigenvalue weighted by Gasteiger charge is 2.08. The Balaban J connectivity index is 1.45. The van der Waals surface area contributed by atoms with Gasteiger partial charge in [-0.15, -0.1) is 10.2 Å². The van der Waals surface area contributed by atoms with Gasteiger partial charge < -0.3 is 16.0 Å². The zero-order valence-corrected chi connectivity index (χ0v) is 17.3. The van der Waals surface area contributed by atoms with Gasteiger partial charge in [0.05, 0.1) is 6.54 Å². The number of amides is 1. The molecule has 9 heteroatoms. The summed E-state index contributed by atoms with van der Waals surface area (Å²) in [7, 11) is 1.68. The van der Waals surface area contributed by atoms with Gasteiger partial charge in [0.25, 0.3) is 0 Å². The van der Waals surface area contributed by atoms with E-state index in [-0.39, 0.29) is 5.91 Å². The Morgan fingerprint density at radius 3 is 2.86 bits per heavy atom. The van der Waals surface area contributed by atoms with E-state index >= 15 is 0 Å². The first-order chi connectivity index (χ1) is 13.6. The molecule has 3 aromatic rings. The molecular weight excluding hydrogens is 422 g/mol. The van der Waals surface area contributed by atoms with E-state index in [1.807, 2.05) is 53.9 Å². The Morgan fingerprint density at radius 1 is 1.21 bits per heavy atom. The Morgan fingerprint density at radius 2 is 2.07 bits per heavy atom. The quantitative estimate of drug-likeness (QED) is 0.401. The van der Waals surface area contributed by atoms with E-state index in [1.54, 1.807) is 7.05 Å². The molecule has 0 saturated carbocycles. The van der Waals surface area contributed by atoms with Crippen LogP contribution >= 0.6 is 15.9 Å². The van der Waals surface area contributed by atoms with Crippen molar-refractivity contribution < 1.29 is 4.79 Å². The SMILES string of the molecule is CN=C(NCCC(=O)Nc1ccc(Br)cc1C)NCc1nnc2ccccn12. The van der Waals surface area contributed by atoms with Crippen molar-refractivity contribution in [2.45, 2.75) is 19.9 Å². The monoisotopic (exact) mass is 443 g/mol. The Labute approximate surface area is 171 Å². The number of benzene rings is 1. The lowest BCUT2D eigenvalue weighted by molar-refractivity contribution is -0.116. The lowest BCUT2D eigenvalue weighted by atomic mass is 10.2. The van der Waals surface area contributed by atoms with Gasteiger partial charge in [-0.2, -0.15) is 0 Å². The lowest BCUT2D eigenvalue weighted by Gasteiger charge is -2.12. The molecule has 0 atom stereocenters. The van der Waals surface area contributed by atoms with Gasteiger partial charge in [-0.25, -0.2) is 0 Å². The van der Waals surface area contributed by atoms with Gasteiger partial charge in [-0.1, -0.05) is 22.0 Å². The van der Waals surface area contributed by atoms with Crippen molar-refractivity contribution in [2.24, 2.45) is 4.99 Å². The molecule has 2 aromatic heterocycles. The number of anilines is 1. The smallest absolute Gasteiger partial charge is 0.226 e. The fraction of sp³-hybridized carbons (Fsp3) is 0.263. The molecule has 28 heavy (non-hydrogen) atoms. The number of aliphatic imine (C=N–C) groups is 1. The van der Waals surface area contributed by atoms with E-state index in [9.17, 15) is 4.79 Å². The van der Waals surface area contributed by atoms with Gasteiger partial charge in [0, 0.05) is 36.4 Å². The normalized spacial score (nSPS) is 11.5. The van der Waals surface area contributed by atoms with Crippen LogP contribution in [-0.4, -0.2) is 40.1 Å². The molecule has 0 spiro atoms. The number of nitrogens with zero attached hydrogens (tertiary/aromatic N) is 4. The minimum absolute atomic E-state index is 0.0585. The summed E-state index contributed by atoms with van der Waals surface area (Å²) in [6, 6.07) is 11.5. The van der Waals surface area contributed by atoms with Gasteiger partial charge in [0.1, 0.15) is 0 Å². The summed E-state index contributed by atoms with van der Waals surface area (Å²) in [5.74, 6) is 1.32. The molecule has 0 aliphatic rings. The van der Waals surface area contributed by atoms with Crippen LogP contribution in [0, 0.1) is 6.92 Å². The summed E-state index contributed by atoms with van der Waals surface area (Å²) >= 11 is 3.42. The van der Waals surface area contributed by atoms with E-state index in [2.05, 4.69) is 47.1 Å². The third kappa shape index (κ3) is 5.07. The zero-order chi connectivity index (χ0) is 19.9. The van der Waals surface area contributed by atoms with Crippen molar-refractivity contribution in [3.05, 3.63) is 58.5 Å². The molecule has 8 nitrogen and oxygen atoms in total. The molecule has 0 aliphatic carbocycles. The molecule has 0 bridgehead atoms. The predicted molar refractivity (Wildman–Crippen MR) is 113 cm³/mol. The van der Waals surface area contributed by atoms with Crippen LogP contribution in [0.1, 0.15) is 17.8 Å². The van der Waals surface area contributed by atoms with E-state index < -0.39 is 0 Å². The first-order valence-corrected chi connectivity index (χ1v) is 9.65. The van der Waals surface area contributed by atoms with E-state index in [0.717, 1.165) is 27.2 Å². The Kier molecular flexibility index (Phi) is 6.59. The van der Waals surface area contributed by atoms with Crippen LogP contribution in [0.5, 0.6) is 0 Å². The van der Waals surface area contributed by atoms with Crippen molar-refractivity contribution in [3.63, 3.8) is 0 Å². The number of guanidine groups is 1. The number of rotatable bonds is 6. The molecule has 1 amide bonds. The molecular formula is C19H22BrN7O. The van der Waals surface area contributed by atoms with Crippen LogP contribution in [0.25, 0.3) is 5.65 Å². The number of hydrogen-bond acceptors (Lipinski definition) is 4. The molecule has 3 rings (SSSR count). The Bertz CT molecular complexity index is 999. The van der Waals surface area contributed by atoms with E-state index in [0.29, 0.717) is 25.5 Å². The highest BCUT2D eigenvalue weighted by Crippen LogP contribution is 2.20. The zero-order valence-electron chi connectivity index (χ0n) is 15.7. The number of carbonyl (C=O) groups is 1. The number of carbonyl (C=O) groups excluding carboxylic acids is 1. The topological polar surface area (TPSA) is 95.7 Å². The van der Waals surface area contributed by atoms with Gasteiger partial charge in [-0.3, -0.25) is 14.2 Å². The van der Waals surface area contributed by atoms with E-state index in [4.69, 9.17) is 0 Å². The van der Waals surface area contributed by atoms with Gasteiger partial charge in [0.2, 0.25) is 5.91 Å². The van der Waals surface area contributed by atoms with Gasteiger partial charge >= 0.3 is 0 Å². The summed E-state index contributed by atoms with van der Waals surface area (Å²) in [4.78, 5) is 16.3. The number of halogens is 1. The summed E-state index contributed by atoms with van der Waals surface area (Å²) in [6.45, 7) is 2.88. The molecule has 0 radical (unpaired) electrons. The van der Waals surface area contributed by atoms with Crippen molar-refractivity contribution in [3.8, 4) is 0 Å². The van der Waals surface area contributed by atoms with Crippen LogP contribution in [0.4, 0.5) is 5.69 Å². The van der Waals surface area contributed by atoms with Crippen LogP contribution in [-0.2, 0) is 11.3 Å². The van der Waals surface area contributed by atoms with E-state index in [1.165, 1.54) is 0 Å². The first kappa shape index (κ1) is 19.8. The Hall–Kier alpha value is -2.94. The van der Waals surface area contributed by atoms with Crippen LogP contribution in [0.2, 0.25) is 0 Å². The van der Waals surface area contributed by atoms with Gasteiger partial charge in [-0.05, 0) is 42.8 Å². The minimum atomic E-state index is -0.0585. The summed E-state index contributed by atoms with van der Waals surface area (Å²) in [5, 5.41) is 17.5. The fourth-order valence-electron chi connectivity index (χ4n) is 2.67. The average Bonchev–Trinajstić information content (AvgIpc) is 3.10. The molecule has 2 heterocycles. The van der Waals surface area contributed by atoms with Crippen molar-refractivity contribution in [2.75, 3.05) is 18.9 Å². The second kappa shape index (κ2) is 9.32. The number of pyridine rings is 1. The largest absolute Gasteiger partial charge is 0.356 e. The van der Waals surface area contributed by atoms with Crippen LogP contribution in [0.3, 0.4) is 0 Å². The number of aryl methyl sites for hydroxylation is 1. The standard InChI is InChI=1S/C19H22BrN7O/c1-13-11-14(20)6-7-15(13)24-18(28)8-9-22-19(21-2)23-12-17-26-25-16-5-3-4-10-27(16)17/h3-7,10-11H,8-9,12H2,1-2H3,(H,24,28)(H2,21,22,23). The molecule has 0 saturated heterocycles. The maximum atomic E-state index is 12.2. The highest BCUT2D eigenvalue weighted by atomic mass is 79.9. The molecule has 0 unspecified atom stereocenters. The lowest BCUT2D eigenvalue weighted by Crippen LogP contribution is -2.38. The number of fused-ring (bicyclic) bond motifs is 1. The second-order valence-electron chi connectivity index (χ2n) is 6.16. The third-order valence-corrected chi connectivity index (χ3v) is 4.62. The molecule has 3 N–H and O–H groups in total. The minimum Gasteiger partial charge on any atom is -0.356 e. The van der Waals surface area contributed by atoms with Crippen molar-refractivity contribution in [1.29, 1.82) is 0 Å². The maximum Gasteiger partial charge on any atom is 0.226 e. The van der Waals surface area contributed by atoms with Crippen LogP contribution in [0.15, 0.2) is 52.1 Å². The van der Waals surface area contributed by atoms with Crippen molar-refractivity contribution in [1.82, 2.24) is 25.2 Å². The molecule has 0 aliphatic heterocycles. The molecule has 1 aromatic carbocycles. The third-order valence-electron chi connectivity index (χ3n) is 4.13.